The molecule has 0 heterocycles. The Bertz CT molecular complexity index is 259. The predicted octanol–water partition coefficient (Wildman–Crippen LogP) is 0.661. The second-order valence-electron chi connectivity index (χ2n) is 3.10. The number of rotatable bonds is 2. The van der Waals surface area contributed by atoms with Gasteiger partial charge in [-0.2, -0.15) is 0 Å². The molecule has 5 heteroatoms. The van der Waals surface area contributed by atoms with Crippen LogP contribution in [-0.2, 0) is 9.59 Å². The van der Waals surface area contributed by atoms with E-state index in [1.807, 2.05) is 0 Å². The van der Waals surface area contributed by atoms with E-state index < -0.39 is 11.9 Å². The molecule has 2 N–H and O–H groups in total. The van der Waals surface area contributed by atoms with Crippen LogP contribution in [0.1, 0.15) is 25.7 Å². The first-order valence-electron chi connectivity index (χ1n) is 4.12. The summed E-state index contributed by atoms with van der Waals surface area (Å²) in [7, 11) is 0. The molecule has 13 heavy (non-hydrogen) atoms. The minimum absolute atomic E-state index is 0.109. The van der Waals surface area contributed by atoms with Gasteiger partial charge in [0.25, 0.3) is 0 Å². The van der Waals surface area contributed by atoms with E-state index in [4.69, 9.17) is 10.3 Å². The van der Waals surface area contributed by atoms with Gasteiger partial charge in [0, 0.05) is 5.92 Å². The van der Waals surface area contributed by atoms with Gasteiger partial charge < -0.3 is 10.3 Å². The fourth-order valence-electron chi connectivity index (χ4n) is 1.51. The van der Waals surface area contributed by atoms with Crippen LogP contribution in [0.2, 0.25) is 0 Å². The lowest BCUT2D eigenvalue weighted by atomic mass is 9.84. The largest absolute Gasteiger partial charge is 0.481 e. The molecule has 0 amide bonds. The highest BCUT2D eigenvalue weighted by atomic mass is 16.4. The molecule has 0 bridgehead atoms. The monoisotopic (exact) mass is 185 g/mol. The minimum Gasteiger partial charge on any atom is -0.481 e. The van der Waals surface area contributed by atoms with E-state index in [2.05, 4.69) is 5.16 Å². The van der Waals surface area contributed by atoms with Crippen LogP contribution in [0.4, 0.5) is 0 Å². The summed E-state index contributed by atoms with van der Waals surface area (Å²) in [5.41, 5.74) is 0.109. The van der Waals surface area contributed by atoms with Gasteiger partial charge in [-0.1, -0.05) is 5.16 Å². The molecule has 1 atom stereocenters. The molecule has 5 nitrogen and oxygen atoms in total. The van der Waals surface area contributed by atoms with Crippen molar-refractivity contribution in [2.24, 2.45) is 11.1 Å². The third-order valence-corrected chi connectivity index (χ3v) is 2.16. The Morgan fingerprint density at radius 1 is 1.62 bits per heavy atom. The summed E-state index contributed by atoms with van der Waals surface area (Å²) >= 11 is 0. The summed E-state index contributed by atoms with van der Waals surface area (Å²) in [5.74, 6) is -1.81. The predicted molar refractivity (Wildman–Crippen MR) is 43.8 cm³/mol. The standard InChI is InChI=1S/C8H11NO4/c10-7(11)4-5-2-1-3-6(9-13)8(5)12/h5,13H,1-4H2,(H,10,11)/b9-6+. The number of carboxylic acid groups (broad SMARTS) is 1. The van der Waals surface area contributed by atoms with Gasteiger partial charge >= 0.3 is 5.97 Å². The number of carboxylic acids is 1. The molecule has 0 aromatic rings. The molecule has 1 aliphatic carbocycles. The molecule has 1 unspecified atom stereocenters. The Morgan fingerprint density at radius 3 is 2.85 bits per heavy atom. The van der Waals surface area contributed by atoms with Gasteiger partial charge in [-0.05, 0) is 19.3 Å². The average Bonchev–Trinajstić information content (AvgIpc) is 2.08. The van der Waals surface area contributed by atoms with Crippen molar-refractivity contribution < 1.29 is 19.9 Å². The zero-order valence-electron chi connectivity index (χ0n) is 7.06. The second-order valence-corrected chi connectivity index (χ2v) is 3.10. The lowest BCUT2D eigenvalue weighted by Gasteiger charge is -2.18. The summed E-state index contributed by atoms with van der Waals surface area (Å²) in [4.78, 5) is 21.7. The highest BCUT2D eigenvalue weighted by molar-refractivity contribution is 6.41. The van der Waals surface area contributed by atoms with Crippen LogP contribution in [0.5, 0.6) is 0 Å². The highest BCUT2D eigenvalue weighted by Gasteiger charge is 2.29. The van der Waals surface area contributed by atoms with E-state index in [1.165, 1.54) is 0 Å². The third-order valence-electron chi connectivity index (χ3n) is 2.16. The molecular weight excluding hydrogens is 174 g/mol. The normalized spacial score (nSPS) is 26.3. The van der Waals surface area contributed by atoms with Gasteiger partial charge in [0.1, 0.15) is 5.71 Å². The molecule has 1 fully saturated rings. The Hall–Kier alpha value is -1.39. The first-order valence-corrected chi connectivity index (χ1v) is 4.12. The topological polar surface area (TPSA) is 87.0 Å². The van der Waals surface area contributed by atoms with E-state index in [9.17, 15) is 9.59 Å². The molecule has 0 aliphatic heterocycles. The number of hydrogen-bond acceptors (Lipinski definition) is 4. The smallest absolute Gasteiger partial charge is 0.304 e. The summed E-state index contributed by atoms with van der Waals surface area (Å²) in [6.07, 6.45) is 1.57. The molecule has 1 aliphatic rings. The lowest BCUT2D eigenvalue weighted by Crippen LogP contribution is -2.30. The van der Waals surface area contributed by atoms with Crippen molar-refractivity contribution in [2.75, 3.05) is 0 Å². The van der Waals surface area contributed by atoms with Gasteiger partial charge in [0.15, 0.2) is 5.78 Å². The van der Waals surface area contributed by atoms with Gasteiger partial charge in [-0.15, -0.1) is 0 Å². The van der Waals surface area contributed by atoms with E-state index in [0.717, 1.165) is 0 Å². The molecule has 0 aromatic carbocycles. The fraction of sp³-hybridized carbons (Fsp3) is 0.625. The molecule has 0 aromatic heterocycles. The van der Waals surface area contributed by atoms with Crippen LogP contribution in [0, 0.1) is 5.92 Å². The fourth-order valence-corrected chi connectivity index (χ4v) is 1.51. The first-order chi connectivity index (χ1) is 6.15. The Morgan fingerprint density at radius 2 is 2.31 bits per heavy atom. The average molecular weight is 185 g/mol. The summed E-state index contributed by atoms with van der Waals surface area (Å²) in [5, 5.41) is 19.8. The zero-order chi connectivity index (χ0) is 9.84. The van der Waals surface area contributed by atoms with E-state index >= 15 is 0 Å². The van der Waals surface area contributed by atoms with E-state index in [0.29, 0.717) is 19.3 Å². The van der Waals surface area contributed by atoms with Crippen molar-refractivity contribution in [3.05, 3.63) is 0 Å². The number of ketones is 1. The lowest BCUT2D eigenvalue weighted by molar-refractivity contribution is -0.140. The highest BCUT2D eigenvalue weighted by Crippen LogP contribution is 2.21. The van der Waals surface area contributed by atoms with Crippen LogP contribution >= 0.6 is 0 Å². The van der Waals surface area contributed by atoms with Crippen LogP contribution in [0.15, 0.2) is 5.16 Å². The van der Waals surface area contributed by atoms with Crippen molar-refractivity contribution >= 4 is 17.5 Å². The molecule has 0 saturated heterocycles. The number of nitrogens with zero attached hydrogens (tertiary/aromatic N) is 1. The van der Waals surface area contributed by atoms with Gasteiger partial charge in [0.2, 0.25) is 0 Å². The van der Waals surface area contributed by atoms with Gasteiger partial charge in [-0.25, -0.2) is 0 Å². The van der Waals surface area contributed by atoms with Gasteiger partial charge in [-0.3, -0.25) is 9.59 Å². The van der Waals surface area contributed by atoms with E-state index in [1.54, 1.807) is 0 Å². The van der Waals surface area contributed by atoms with Crippen LogP contribution < -0.4 is 0 Å². The van der Waals surface area contributed by atoms with Crippen molar-refractivity contribution in [1.82, 2.24) is 0 Å². The maximum absolute atomic E-state index is 11.3. The SMILES string of the molecule is O=C(O)CC1CCC/C(=N\O)C1=O. The number of aliphatic carboxylic acids is 1. The number of Topliss-reactive ketones (excluding diaryl/α,β-unsaturated/α-hetero) is 1. The van der Waals surface area contributed by atoms with E-state index in [-0.39, 0.29) is 17.9 Å². The number of oxime groups is 1. The van der Waals surface area contributed by atoms with Gasteiger partial charge in [0.05, 0.1) is 6.42 Å². The molecule has 0 spiro atoms. The summed E-state index contributed by atoms with van der Waals surface area (Å²) in [6, 6.07) is 0. The Labute approximate surface area is 75.0 Å². The quantitative estimate of drug-likeness (QED) is 0.488. The Balaban J connectivity index is 2.65. The number of carbonyl (C=O) groups excluding carboxylic acids is 1. The van der Waals surface area contributed by atoms with Crippen molar-refractivity contribution in [3.8, 4) is 0 Å². The zero-order valence-corrected chi connectivity index (χ0v) is 7.06. The van der Waals surface area contributed by atoms with Crippen LogP contribution in [0.3, 0.4) is 0 Å². The summed E-state index contributed by atoms with van der Waals surface area (Å²) < 4.78 is 0. The van der Waals surface area contributed by atoms with Crippen molar-refractivity contribution in [3.63, 3.8) is 0 Å². The molecule has 72 valence electrons. The molecule has 1 saturated carbocycles. The first kappa shape index (κ1) is 9.70. The molecular formula is C8H11NO4. The minimum atomic E-state index is -0.988. The molecule has 1 rings (SSSR count). The van der Waals surface area contributed by atoms with Crippen molar-refractivity contribution in [2.45, 2.75) is 25.7 Å². The molecule has 0 radical (unpaired) electrons. The Kier molecular flexibility index (Phi) is 3.00. The van der Waals surface area contributed by atoms with Crippen molar-refractivity contribution in [1.29, 1.82) is 0 Å². The maximum Gasteiger partial charge on any atom is 0.304 e. The second kappa shape index (κ2) is 4.02. The number of hydrogen-bond donors (Lipinski definition) is 2. The third kappa shape index (κ3) is 2.27. The maximum atomic E-state index is 11.3. The van der Waals surface area contributed by atoms with Crippen LogP contribution in [0.25, 0.3) is 0 Å². The summed E-state index contributed by atoms with van der Waals surface area (Å²) in [6.45, 7) is 0. The van der Waals surface area contributed by atoms with Crippen LogP contribution in [-0.4, -0.2) is 27.8 Å². The number of carbonyl (C=O) groups is 2.